The fraction of sp³-hybridized carbons (Fsp3) is 0.500. The van der Waals surface area contributed by atoms with Crippen LogP contribution in [-0.2, 0) is 0 Å². The summed E-state index contributed by atoms with van der Waals surface area (Å²) in [6.07, 6.45) is -3.46. The molecule has 0 aliphatic heterocycles. The van der Waals surface area contributed by atoms with E-state index in [1.54, 1.807) is 6.92 Å². The largest absolute Gasteiger partial charge is 0.395 e. The van der Waals surface area contributed by atoms with E-state index in [0.29, 0.717) is 5.57 Å². The lowest BCUT2D eigenvalue weighted by atomic mass is 9.96. The Labute approximate surface area is 84.0 Å². The van der Waals surface area contributed by atoms with Gasteiger partial charge in [0.15, 0.2) is 0 Å². The zero-order valence-electron chi connectivity index (χ0n) is 6.75. The normalized spacial score (nSPS) is 24.8. The van der Waals surface area contributed by atoms with Crippen LogP contribution >= 0.6 is 23.2 Å². The number of hydrogen-bond donors (Lipinski definition) is 0. The third-order valence-electron chi connectivity index (χ3n) is 1.93. The van der Waals surface area contributed by atoms with Gasteiger partial charge in [-0.2, -0.15) is 13.2 Å². The predicted molar refractivity (Wildman–Crippen MR) is 46.7 cm³/mol. The first-order chi connectivity index (χ1) is 5.82. The van der Waals surface area contributed by atoms with Crippen LogP contribution in [0, 0.1) is 5.92 Å². The minimum absolute atomic E-state index is 0.0959. The van der Waals surface area contributed by atoms with E-state index in [0.717, 1.165) is 6.08 Å². The van der Waals surface area contributed by atoms with Gasteiger partial charge in [-0.1, -0.05) is 29.3 Å². The Bertz CT molecular complexity index is 276. The quantitative estimate of drug-likeness (QED) is 0.585. The van der Waals surface area contributed by atoms with E-state index in [1.807, 2.05) is 0 Å². The third kappa shape index (κ3) is 2.41. The molecular weight excluding hydrogens is 224 g/mol. The first-order valence-electron chi connectivity index (χ1n) is 3.62. The summed E-state index contributed by atoms with van der Waals surface area (Å²) in [5.74, 6) is -1.55. The molecule has 0 bridgehead atoms. The molecular formula is C8H7Cl2F3. The Morgan fingerprint density at radius 2 is 1.92 bits per heavy atom. The minimum atomic E-state index is -4.26. The van der Waals surface area contributed by atoms with Gasteiger partial charge in [0.05, 0.1) is 5.92 Å². The summed E-state index contributed by atoms with van der Waals surface area (Å²) in [4.78, 5) is 0. The van der Waals surface area contributed by atoms with Crippen molar-refractivity contribution in [1.29, 1.82) is 0 Å². The molecule has 0 aromatic carbocycles. The van der Waals surface area contributed by atoms with Crippen molar-refractivity contribution in [2.24, 2.45) is 5.92 Å². The lowest BCUT2D eigenvalue weighted by Gasteiger charge is -2.21. The maximum absolute atomic E-state index is 12.2. The van der Waals surface area contributed by atoms with E-state index >= 15 is 0 Å². The molecule has 1 atom stereocenters. The fourth-order valence-electron chi connectivity index (χ4n) is 1.05. The molecule has 0 saturated heterocycles. The SMILES string of the molecule is CC1=C(Cl)CC(C(F)(F)F)C=C1Cl. The van der Waals surface area contributed by atoms with E-state index in [1.165, 1.54) is 0 Å². The standard InChI is InChI=1S/C8H7Cl2F3/c1-4-6(9)2-5(3-7(4)10)8(11,12)13/h2,5H,3H2,1H3. The van der Waals surface area contributed by atoms with E-state index in [9.17, 15) is 13.2 Å². The zero-order valence-corrected chi connectivity index (χ0v) is 8.26. The molecule has 0 aromatic heterocycles. The molecule has 74 valence electrons. The van der Waals surface area contributed by atoms with Crippen molar-refractivity contribution < 1.29 is 13.2 Å². The molecule has 1 aliphatic carbocycles. The molecule has 1 unspecified atom stereocenters. The summed E-state index contributed by atoms with van der Waals surface area (Å²) in [7, 11) is 0. The van der Waals surface area contributed by atoms with E-state index < -0.39 is 12.1 Å². The first kappa shape index (κ1) is 10.9. The van der Waals surface area contributed by atoms with Crippen molar-refractivity contribution in [1.82, 2.24) is 0 Å². The molecule has 0 spiro atoms. The smallest absolute Gasteiger partial charge is 0.170 e. The Hall–Kier alpha value is -0.150. The Morgan fingerprint density at radius 1 is 1.38 bits per heavy atom. The number of allylic oxidation sites excluding steroid dienone is 4. The van der Waals surface area contributed by atoms with Crippen molar-refractivity contribution in [3.63, 3.8) is 0 Å². The van der Waals surface area contributed by atoms with Gasteiger partial charge in [0, 0.05) is 10.1 Å². The summed E-state index contributed by atoms with van der Waals surface area (Å²) >= 11 is 11.2. The van der Waals surface area contributed by atoms with Crippen LogP contribution in [-0.4, -0.2) is 6.18 Å². The van der Waals surface area contributed by atoms with Gasteiger partial charge < -0.3 is 0 Å². The molecule has 0 N–H and O–H groups in total. The van der Waals surface area contributed by atoms with Crippen LogP contribution in [0.3, 0.4) is 0 Å². The van der Waals surface area contributed by atoms with Gasteiger partial charge in [-0.05, 0) is 18.9 Å². The van der Waals surface area contributed by atoms with E-state index in [2.05, 4.69) is 0 Å². The summed E-state index contributed by atoms with van der Waals surface area (Å²) in [5, 5.41) is 0.286. The summed E-state index contributed by atoms with van der Waals surface area (Å²) in [5.41, 5.74) is 0.531. The van der Waals surface area contributed by atoms with Crippen LogP contribution in [0.1, 0.15) is 13.3 Å². The average Bonchev–Trinajstić information content (AvgIpc) is 1.97. The molecule has 0 radical (unpaired) electrons. The predicted octanol–water partition coefficient (Wildman–Crippen LogP) is 4.20. The third-order valence-corrected chi connectivity index (χ3v) is 2.78. The van der Waals surface area contributed by atoms with Crippen LogP contribution in [0.5, 0.6) is 0 Å². The molecule has 5 heteroatoms. The second kappa shape index (κ2) is 3.54. The van der Waals surface area contributed by atoms with Crippen LogP contribution in [0.15, 0.2) is 21.7 Å². The molecule has 0 nitrogen and oxygen atoms in total. The van der Waals surface area contributed by atoms with Crippen molar-refractivity contribution >= 4 is 23.2 Å². The maximum Gasteiger partial charge on any atom is 0.395 e. The van der Waals surface area contributed by atoms with E-state index in [-0.39, 0.29) is 16.5 Å². The second-order valence-electron chi connectivity index (χ2n) is 2.90. The number of alkyl halides is 3. The zero-order chi connectivity index (χ0) is 10.2. The molecule has 0 saturated carbocycles. The summed E-state index contributed by atoms with van der Waals surface area (Å²) in [6, 6.07) is 0. The van der Waals surface area contributed by atoms with Crippen molar-refractivity contribution in [3.8, 4) is 0 Å². The monoisotopic (exact) mass is 230 g/mol. The van der Waals surface area contributed by atoms with E-state index in [4.69, 9.17) is 23.2 Å². The van der Waals surface area contributed by atoms with Gasteiger partial charge >= 0.3 is 6.18 Å². The van der Waals surface area contributed by atoms with Gasteiger partial charge in [0.25, 0.3) is 0 Å². The molecule has 13 heavy (non-hydrogen) atoms. The summed E-state index contributed by atoms with van der Waals surface area (Å²) in [6.45, 7) is 1.60. The maximum atomic E-state index is 12.2. The molecule has 0 fully saturated rings. The minimum Gasteiger partial charge on any atom is -0.170 e. The highest BCUT2D eigenvalue weighted by molar-refractivity contribution is 6.35. The van der Waals surface area contributed by atoms with Gasteiger partial charge in [0.2, 0.25) is 0 Å². The molecule has 1 rings (SSSR count). The molecule has 0 amide bonds. The summed E-state index contributed by atoms with van der Waals surface area (Å²) < 4.78 is 36.7. The number of rotatable bonds is 0. The highest BCUT2D eigenvalue weighted by Gasteiger charge is 2.40. The van der Waals surface area contributed by atoms with Crippen molar-refractivity contribution in [3.05, 3.63) is 21.7 Å². The van der Waals surface area contributed by atoms with Gasteiger partial charge in [0.1, 0.15) is 0 Å². The highest BCUT2D eigenvalue weighted by atomic mass is 35.5. The lowest BCUT2D eigenvalue weighted by molar-refractivity contribution is -0.160. The van der Waals surface area contributed by atoms with Crippen LogP contribution in [0.4, 0.5) is 13.2 Å². The Balaban J connectivity index is 2.92. The van der Waals surface area contributed by atoms with Crippen molar-refractivity contribution in [2.75, 3.05) is 0 Å². The molecule has 1 aliphatic rings. The Kier molecular flexibility index (Phi) is 2.98. The van der Waals surface area contributed by atoms with Crippen LogP contribution < -0.4 is 0 Å². The average molecular weight is 231 g/mol. The van der Waals surface area contributed by atoms with Crippen molar-refractivity contribution in [2.45, 2.75) is 19.5 Å². The number of halogens is 5. The first-order valence-corrected chi connectivity index (χ1v) is 4.37. The second-order valence-corrected chi connectivity index (χ2v) is 3.76. The lowest BCUT2D eigenvalue weighted by Crippen LogP contribution is -2.23. The topological polar surface area (TPSA) is 0 Å². The van der Waals surface area contributed by atoms with Gasteiger partial charge in [-0.25, -0.2) is 0 Å². The number of hydrogen-bond acceptors (Lipinski definition) is 0. The molecule has 0 aromatic rings. The van der Waals surface area contributed by atoms with Gasteiger partial charge in [-0.3, -0.25) is 0 Å². The highest BCUT2D eigenvalue weighted by Crippen LogP contribution is 2.40. The molecule has 0 heterocycles. The Morgan fingerprint density at radius 3 is 2.31 bits per heavy atom. The van der Waals surface area contributed by atoms with Crippen LogP contribution in [0.2, 0.25) is 0 Å². The fourth-order valence-corrected chi connectivity index (χ4v) is 1.63. The van der Waals surface area contributed by atoms with Gasteiger partial charge in [-0.15, -0.1) is 0 Å². The van der Waals surface area contributed by atoms with Crippen LogP contribution in [0.25, 0.3) is 0 Å².